The standard InChI is InChI=1S/C10H18N4O3/c1-7(5-16-2)4-14-8(6-17-3)9(10(11)15)12-13-14/h7H,4-6H2,1-3H3,(H2,11,15). The minimum atomic E-state index is -0.595. The average Bonchev–Trinajstić information content (AvgIpc) is 2.63. The zero-order valence-electron chi connectivity index (χ0n) is 10.3. The quantitative estimate of drug-likeness (QED) is 0.715. The van der Waals surface area contributed by atoms with Gasteiger partial charge in [-0.1, -0.05) is 12.1 Å². The minimum absolute atomic E-state index is 0.163. The summed E-state index contributed by atoms with van der Waals surface area (Å²) in [6, 6.07) is 0. The van der Waals surface area contributed by atoms with E-state index in [1.807, 2.05) is 6.92 Å². The molecule has 0 aromatic carbocycles. The van der Waals surface area contributed by atoms with Crippen LogP contribution >= 0.6 is 0 Å². The van der Waals surface area contributed by atoms with E-state index in [1.54, 1.807) is 18.9 Å². The molecule has 7 heteroatoms. The molecular formula is C10H18N4O3. The first-order chi connectivity index (χ1) is 8.10. The zero-order valence-corrected chi connectivity index (χ0v) is 10.3. The lowest BCUT2D eigenvalue weighted by Crippen LogP contribution is -2.18. The first-order valence-corrected chi connectivity index (χ1v) is 5.30. The summed E-state index contributed by atoms with van der Waals surface area (Å²) in [5.74, 6) is -0.333. The van der Waals surface area contributed by atoms with E-state index in [0.717, 1.165) is 0 Å². The number of amides is 1. The SMILES string of the molecule is COCc1c(C(N)=O)nnn1CC(C)COC. The number of carbonyl (C=O) groups excluding carboxylic acids is 1. The number of primary amides is 1. The van der Waals surface area contributed by atoms with Gasteiger partial charge in [0.2, 0.25) is 0 Å². The number of hydrogen-bond donors (Lipinski definition) is 1. The Hall–Kier alpha value is -1.47. The van der Waals surface area contributed by atoms with Crippen molar-refractivity contribution in [3.63, 3.8) is 0 Å². The van der Waals surface area contributed by atoms with Crippen LogP contribution in [0.2, 0.25) is 0 Å². The first-order valence-electron chi connectivity index (χ1n) is 5.30. The highest BCUT2D eigenvalue weighted by Gasteiger charge is 2.18. The van der Waals surface area contributed by atoms with Crippen LogP contribution in [0.15, 0.2) is 0 Å². The van der Waals surface area contributed by atoms with Crippen molar-refractivity contribution in [2.24, 2.45) is 11.7 Å². The molecule has 2 N–H and O–H groups in total. The van der Waals surface area contributed by atoms with Crippen LogP contribution < -0.4 is 5.73 Å². The topological polar surface area (TPSA) is 92.3 Å². The number of carbonyl (C=O) groups is 1. The molecule has 1 aromatic rings. The summed E-state index contributed by atoms with van der Waals surface area (Å²) in [5.41, 5.74) is 5.98. The number of hydrogen-bond acceptors (Lipinski definition) is 5. The summed E-state index contributed by atoms with van der Waals surface area (Å²) in [6.07, 6.45) is 0. The Balaban J connectivity index is 2.87. The largest absolute Gasteiger partial charge is 0.384 e. The van der Waals surface area contributed by atoms with E-state index < -0.39 is 5.91 Å². The van der Waals surface area contributed by atoms with Crippen LogP contribution in [0.3, 0.4) is 0 Å². The van der Waals surface area contributed by atoms with Crippen LogP contribution in [-0.4, -0.2) is 41.7 Å². The monoisotopic (exact) mass is 242 g/mol. The van der Waals surface area contributed by atoms with Gasteiger partial charge in [-0.15, -0.1) is 5.10 Å². The van der Waals surface area contributed by atoms with Crippen molar-refractivity contribution in [3.8, 4) is 0 Å². The molecule has 0 radical (unpaired) electrons. The van der Waals surface area contributed by atoms with E-state index in [2.05, 4.69) is 10.3 Å². The number of nitrogens with two attached hydrogens (primary N) is 1. The molecule has 0 aliphatic heterocycles. The molecule has 0 saturated heterocycles. The van der Waals surface area contributed by atoms with Crippen molar-refractivity contribution in [2.45, 2.75) is 20.1 Å². The summed E-state index contributed by atoms with van der Waals surface area (Å²) >= 11 is 0. The van der Waals surface area contributed by atoms with E-state index >= 15 is 0 Å². The molecule has 1 heterocycles. The van der Waals surface area contributed by atoms with Gasteiger partial charge in [0.15, 0.2) is 5.69 Å². The average molecular weight is 242 g/mol. The molecule has 1 aromatic heterocycles. The Morgan fingerprint density at radius 2 is 2.18 bits per heavy atom. The predicted octanol–water partition coefficient (Wildman–Crippen LogP) is -0.194. The number of aromatic nitrogens is 3. The molecule has 0 saturated carbocycles. The van der Waals surface area contributed by atoms with Gasteiger partial charge in [-0.05, 0) is 5.92 Å². The zero-order chi connectivity index (χ0) is 12.8. The fourth-order valence-corrected chi connectivity index (χ4v) is 1.58. The van der Waals surface area contributed by atoms with E-state index in [-0.39, 0.29) is 18.2 Å². The van der Waals surface area contributed by atoms with Gasteiger partial charge in [-0.2, -0.15) is 0 Å². The summed E-state index contributed by atoms with van der Waals surface area (Å²) in [7, 11) is 3.18. The molecule has 1 unspecified atom stereocenters. The Morgan fingerprint density at radius 1 is 1.47 bits per heavy atom. The van der Waals surface area contributed by atoms with Gasteiger partial charge < -0.3 is 15.2 Å². The lowest BCUT2D eigenvalue weighted by Gasteiger charge is -2.12. The molecule has 0 aliphatic rings. The second-order valence-electron chi connectivity index (χ2n) is 3.92. The highest BCUT2D eigenvalue weighted by molar-refractivity contribution is 5.91. The van der Waals surface area contributed by atoms with E-state index in [4.69, 9.17) is 15.2 Å². The third-order valence-electron chi connectivity index (χ3n) is 2.29. The smallest absolute Gasteiger partial charge is 0.271 e. The maximum absolute atomic E-state index is 11.1. The summed E-state index contributed by atoms with van der Waals surface area (Å²) in [4.78, 5) is 11.1. The molecule has 0 fully saturated rings. The molecule has 0 aliphatic carbocycles. The van der Waals surface area contributed by atoms with Crippen molar-refractivity contribution < 1.29 is 14.3 Å². The van der Waals surface area contributed by atoms with Crippen LogP contribution in [0.5, 0.6) is 0 Å². The van der Waals surface area contributed by atoms with Gasteiger partial charge >= 0.3 is 0 Å². The Kier molecular flexibility index (Phi) is 5.05. The van der Waals surface area contributed by atoms with Gasteiger partial charge in [0.05, 0.1) is 18.9 Å². The Morgan fingerprint density at radius 3 is 2.71 bits per heavy atom. The molecule has 1 atom stereocenters. The Bertz CT molecular complexity index is 378. The third-order valence-corrected chi connectivity index (χ3v) is 2.29. The van der Waals surface area contributed by atoms with Crippen LogP contribution in [0.4, 0.5) is 0 Å². The van der Waals surface area contributed by atoms with Crippen molar-refractivity contribution in [1.29, 1.82) is 0 Å². The maximum Gasteiger partial charge on any atom is 0.271 e. The van der Waals surface area contributed by atoms with Gasteiger partial charge in [-0.3, -0.25) is 4.79 Å². The van der Waals surface area contributed by atoms with Gasteiger partial charge in [0.1, 0.15) is 0 Å². The van der Waals surface area contributed by atoms with Crippen molar-refractivity contribution in [2.75, 3.05) is 20.8 Å². The van der Waals surface area contributed by atoms with Crippen molar-refractivity contribution in [3.05, 3.63) is 11.4 Å². The van der Waals surface area contributed by atoms with E-state index in [0.29, 0.717) is 18.8 Å². The lowest BCUT2D eigenvalue weighted by molar-refractivity contribution is 0.0989. The number of methoxy groups -OCH3 is 2. The fraction of sp³-hybridized carbons (Fsp3) is 0.700. The predicted molar refractivity (Wildman–Crippen MR) is 60.3 cm³/mol. The minimum Gasteiger partial charge on any atom is -0.384 e. The van der Waals surface area contributed by atoms with E-state index in [1.165, 1.54) is 0 Å². The second kappa shape index (κ2) is 6.31. The number of nitrogens with zero attached hydrogens (tertiary/aromatic N) is 3. The number of rotatable bonds is 7. The Labute approximate surface area is 99.9 Å². The molecule has 0 bridgehead atoms. The molecular weight excluding hydrogens is 224 g/mol. The third kappa shape index (κ3) is 3.50. The summed E-state index contributed by atoms with van der Waals surface area (Å²) in [6.45, 7) is 3.49. The fourth-order valence-electron chi connectivity index (χ4n) is 1.58. The molecule has 17 heavy (non-hydrogen) atoms. The molecule has 1 amide bonds. The van der Waals surface area contributed by atoms with Crippen LogP contribution in [-0.2, 0) is 22.6 Å². The molecule has 7 nitrogen and oxygen atoms in total. The van der Waals surface area contributed by atoms with Crippen molar-refractivity contribution in [1.82, 2.24) is 15.0 Å². The van der Waals surface area contributed by atoms with Gasteiger partial charge in [0.25, 0.3) is 5.91 Å². The first kappa shape index (κ1) is 13.6. The highest BCUT2D eigenvalue weighted by Crippen LogP contribution is 2.09. The van der Waals surface area contributed by atoms with E-state index in [9.17, 15) is 4.79 Å². The maximum atomic E-state index is 11.1. The van der Waals surface area contributed by atoms with Crippen LogP contribution in [0.1, 0.15) is 23.1 Å². The normalized spacial score (nSPS) is 12.6. The van der Waals surface area contributed by atoms with Gasteiger partial charge in [0, 0.05) is 20.8 Å². The van der Waals surface area contributed by atoms with Crippen LogP contribution in [0.25, 0.3) is 0 Å². The number of ether oxygens (including phenoxy) is 2. The summed E-state index contributed by atoms with van der Waals surface area (Å²) in [5, 5.41) is 7.67. The highest BCUT2D eigenvalue weighted by atomic mass is 16.5. The molecule has 1 rings (SSSR count). The van der Waals surface area contributed by atoms with Gasteiger partial charge in [-0.25, -0.2) is 4.68 Å². The summed E-state index contributed by atoms with van der Waals surface area (Å²) < 4.78 is 11.7. The molecule has 96 valence electrons. The van der Waals surface area contributed by atoms with Crippen molar-refractivity contribution >= 4 is 5.91 Å². The van der Waals surface area contributed by atoms with Crippen LogP contribution in [0, 0.1) is 5.92 Å². The molecule has 0 spiro atoms. The lowest BCUT2D eigenvalue weighted by atomic mass is 10.2. The second-order valence-corrected chi connectivity index (χ2v) is 3.92.